The SMILES string of the molecule is Cn1cnc(C(=O)N2CCC(CC3(C)SC(=N[C@H]4C[C@@H]5CC[C@H]4C5)NC3=O)CC2)c1. The van der Waals surface area contributed by atoms with E-state index in [0.717, 1.165) is 49.4 Å². The lowest BCUT2D eigenvalue weighted by atomic mass is 9.87. The standard InChI is InChI=1S/C22H31N5O2S/c1-22(20(29)25-21(30-22)24-17-10-15-3-4-16(17)9-15)11-14-5-7-27(8-6-14)19(28)18-12-26(2)13-23-18/h12-17H,3-11H2,1-2H3,(H,24,25,29)/t15-,16+,17+,22?/m1/s1. The van der Waals surface area contributed by atoms with Crippen LogP contribution in [0.4, 0.5) is 0 Å². The first kappa shape index (κ1) is 20.1. The van der Waals surface area contributed by atoms with Crippen molar-refractivity contribution in [2.75, 3.05) is 13.1 Å². The van der Waals surface area contributed by atoms with Crippen molar-refractivity contribution in [3.8, 4) is 0 Å². The fraction of sp³-hybridized carbons (Fsp3) is 0.727. The van der Waals surface area contributed by atoms with Crippen LogP contribution in [0.3, 0.4) is 0 Å². The zero-order valence-electron chi connectivity index (χ0n) is 17.8. The highest BCUT2D eigenvalue weighted by Crippen LogP contribution is 2.47. The normalized spacial score (nSPS) is 35.4. The lowest BCUT2D eigenvalue weighted by molar-refractivity contribution is -0.121. The van der Waals surface area contributed by atoms with Crippen molar-refractivity contribution >= 4 is 28.7 Å². The number of hydrogen-bond donors (Lipinski definition) is 1. The molecule has 2 amide bonds. The molecule has 0 radical (unpaired) electrons. The summed E-state index contributed by atoms with van der Waals surface area (Å²) in [6.07, 6.45) is 11.3. The largest absolute Gasteiger partial charge is 0.340 e. The molecule has 4 fully saturated rings. The average Bonchev–Trinajstić information content (AvgIpc) is 3.48. The molecular formula is C22H31N5O2S. The van der Waals surface area contributed by atoms with Crippen molar-refractivity contribution in [2.45, 2.75) is 62.7 Å². The summed E-state index contributed by atoms with van der Waals surface area (Å²) in [5, 5.41) is 3.91. The summed E-state index contributed by atoms with van der Waals surface area (Å²) in [5.41, 5.74) is 0.509. The summed E-state index contributed by atoms with van der Waals surface area (Å²) >= 11 is 1.63. The number of likely N-dealkylation sites (tertiary alicyclic amines) is 1. The van der Waals surface area contributed by atoms with Gasteiger partial charge in [-0.1, -0.05) is 18.2 Å². The molecule has 30 heavy (non-hydrogen) atoms. The molecule has 4 aliphatic rings. The molecule has 2 saturated heterocycles. The summed E-state index contributed by atoms with van der Waals surface area (Å²) < 4.78 is 1.35. The summed E-state index contributed by atoms with van der Waals surface area (Å²) in [4.78, 5) is 36.4. The number of nitrogens with one attached hydrogen (secondary N) is 1. The number of thioether (sulfide) groups is 1. The number of imidazole rings is 1. The van der Waals surface area contributed by atoms with E-state index in [1.807, 2.05) is 11.9 Å². The van der Waals surface area contributed by atoms with Crippen molar-refractivity contribution in [1.29, 1.82) is 0 Å². The molecule has 3 heterocycles. The van der Waals surface area contributed by atoms with Gasteiger partial charge in [-0.25, -0.2) is 4.98 Å². The molecule has 2 aliphatic carbocycles. The Bertz CT molecular complexity index is 875. The predicted octanol–water partition coefficient (Wildman–Crippen LogP) is 2.83. The predicted molar refractivity (Wildman–Crippen MR) is 117 cm³/mol. The van der Waals surface area contributed by atoms with Crippen LogP contribution >= 0.6 is 11.8 Å². The van der Waals surface area contributed by atoms with Crippen molar-refractivity contribution in [3.05, 3.63) is 18.2 Å². The van der Waals surface area contributed by atoms with E-state index in [1.54, 1.807) is 28.9 Å². The maximum Gasteiger partial charge on any atom is 0.274 e. The maximum absolute atomic E-state index is 12.8. The minimum absolute atomic E-state index is 0.00790. The van der Waals surface area contributed by atoms with Crippen LogP contribution in [0.5, 0.6) is 0 Å². The Labute approximate surface area is 182 Å². The Kier molecular flexibility index (Phi) is 5.16. The highest BCUT2D eigenvalue weighted by molar-refractivity contribution is 8.16. The van der Waals surface area contributed by atoms with Gasteiger partial charge in [-0.3, -0.25) is 14.6 Å². The van der Waals surface area contributed by atoms with Crippen LogP contribution < -0.4 is 5.32 Å². The zero-order valence-corrected chi connectivity index (χ0v) is 18.7. The number of rotatable bonds is 4. The lowest BCUT2D eigenvalue weighted by Gasteiger charge is -2.34. The van der Waals surface area contributed by atoms with Crippen LogP contribution in [-0.2, 0) is 11.8 Å². The molecule has 8 heteroatoms. The molecule has 2 aliphatic heterocycles. The van der Waals surface area contributed by atoms with Crippen LogP contribution in [0, 0.1) is 17.8 Å². The van der Waals surface area contributed by atoms with E-state index in [1.165, 1.54) is 25.7 Å². The van der Waals surface area contributed by atoms with Gasteiger partial charge in [0.25, 0.3) is 5.91 Å². The summed E-state index contributed by atoms with van der Waals surface area (Å²) in [5.74, 6) is 2.14. The summed E-state index contributed by atoms with van der Waals surface area (Å²) in [7, 11) is 1.87. The van der Waals surface area contributed by atoms with Gasteiger partial charge in [0.1, 0.15) is 5.69 Å². The number of amidine groups is 1. The van der Waals surface area contributed by atoms with Crippen LogP contribution in [0.2, 0.25) is 0 Å². The van der Waals surface area contributed by atoms with E-state index in [0.29, 0.717) is 17.7 Å². The molecule has 1 N–H and O–H groups in total. The summed E-state index contributed by atoms with van der Waals surface area (Å²) in [6.45, 7) is 3.52. The van der Waals surface area contributed by atoms with E-state index in [4.69, 9.17) is 4.99 Å². The van der Waals surface area contributed by atoms with Crippen molar-refractivity contribution in [1.82, 2.24) is 19.8 Å². The second-order valence-corrected chi connectivity index (χ2v) is 11.3. The topological polar surface area (TPSA) is 79.6 Å². The minimum atomic E-state index is -0.450. The number of amides is 2. The van der Waals surface area contributed by atoms with Gasteiger partial charge in [-0.2, -0.15) is 0 Å². The maximum atomic E-state index is 12.8. The Morgan fingerprint density at radius 3 is 2.73 bits per heavy atom. The van der Waals surface area contributed by atoms with E-state index in [2.05, 4.69) is 17.2 Å². The number of hydrogen-bond acceptors (Lipinski definition) is 5. The van der Waals surface area contributed by atoms with Crippen molar-refractivity contribution < 1.29 is 9.59 Å². The van der Waals surface area contributed by atoms with E-state index in [-0.39, 0.29) is 11.8 Å². The number of carbonyl (C=O) groups excluding carboxylic acids is 2. The van der Waals surface area contributed by atoms with Gasteiger partial charge >= 0.3 is 0 Å². The van der Waals surface area contributed by atoms with Crippen LogP contribution in [0.1, 0.15) is 62.4 Å². The minimum Gasteiger partial charge on any atom is -0.340 e. The molecule has 4 atom stereocenters. The molecular weight excluding hydrogens is 398 g/mol. The lowest BCUT2D eigenvalue weighted by Crippen LogP contribution is -2.42. The monoisotopic (exact) mass is 429 g/mol. The smallest absolute Gasteiger partial charge is 0.274 e. The van der Waals surface area contributed by atoms with Crippen LogP contribution in [0.15, 0.2) is 17.5 Å². The van der Waals surface area contributed by atoms with Gasteiger partial charge < -0.3 is 14.8 Å². The first-order chi connectivity index (χ1) is 14.4. The Morgan fingerprint density at radius 1 is 1.30 bits per heavy atom. The number of aliphatic imine (C=N–C) groups is 1. The first-order valence-electron chi connectivity index (χ1n) is 11.2. The number of nitrogens with zero attached hydrogens (tertiary/aromatic N) is 4. The van der Waals surface area contributed by atoms with Gasteiger partial charge in [0, 0.05) is 26.3 Å². The van der Waals surface area contributed by atoms with E-state index < -0.39 is 4.75 Å². The highest BCUT2D eigenvalue weighted by atomic mass is 32.2. The van der Waals surface area contributed by atoms with Crippen molar-refractivity contribution in [3.63, 3.8) is 0 Å². The first-order valence-corrected chi connectivity index (χ1v) is 12.1. The number of piperidine rings is 1. The molecule has 0 spiro atoms. The molecule has 7 nitrogen and oxygen atoms in total. The van der Waals surface area contributed by atoms with Crippen LogP contribution in [-0.4, -0.2) is 55.3 Å². The molecule has 162 valence electrons. The number of fused-ring (bicyclic) bond motifs is 2. The molecule has 5 rings (SSSR count). The third-order valence-corrected chi connectivity index (χ3v) is 8.71. The highest BCUT2D eigenvalue weighted by Gasteiger charge is 2.46. The Balaban J connectivity index is 1.16. The van der Waals surface area contributed by atoms with Gasteiger partial charge in [-0.05, 0) is 63.2 Å². The number of aryl methyl sites for hydroxylation is 1. The van der Waals surface area contributed by atoms with Crippen LogP contribution in [0.25, 0.3) is 0 Å². The van der Waals surface area contributed by atoms with Gasteiger partial charge in [0.15, 0.2) is 5.17 Å². The van der Waals surface area contributed by atoms with Gasteiger partial charge in [0.05, 0.1) is 17.1 Å². The van der Waals surface area contributed by atoms with E-state index in [9.17, 15) is 9.59 Å². The fourth-order valence-corrected chi connectivity index (χ4v) is 7.03. The second-order valence-electron chi connectivity index (χ2n) is 9.83. The molecule has 0 aromatic carbocycles. The van der Waals surface area contributed by atoms with Crippen molar-refractivity contribution in [2.24, 2.45) is 29.8 Å². The summed E-state index contributed by atoms with van der Waals surface area (Å²) in [6, 6.07) is 0.412. The molecule has 1 aromatic rings. The van der Waals surface area contributed by atoms with E-state index >= 15 is 0 Å². The quantitative estimate of drug-likeness (QED) is 0.798. The zero-order chi connectivity index (χ0) is 20.9. The molecule has 1 aromatic heterocycles. The third kappa shape index (κ3) is 3.79. The number of aromatic nitrogens is 2. The molecule has 1 unspecified atom stereocenters. The van der Waals surface area contributed by atoms with Gasteiger partial charge in [0.2, 0.25) is 5.91 Å². The third-order valence-electron chi connectivity index (χ3n) is 7.51. The van der Waals surface area contributed by atoms with Gasteiger partial charge in [-0.15, -0.1) is 0 Å². The number of carbonyl (C=O) groups is 2. The Hall–Kier alpha value is -1.83. The molecule has 2 bridgehead atoms. The second kappa shape index (κ2) is 7.70. The fourth-order valence-electron chi connectivity index (χ4n) is 5.80. The Morgan fingerprint density at radius 2 is 2.10 bits per heavy atom. The molecule has 2 saturated carbocycles. The average molecular weight is 430 g/mol.